The third-order valence-corrected chi connectivity index (χ3v) is 12.4. The van der Waals surface area contributed by atoms with Gasteiger partial charge in [0.25, 0.3) is 0 Å². The Balaban J connectivity index is 4.52. The van der Waals surface area contributed by atoms with Crippen LogP contribution >= 0.6 is 0 Å². The minimum Gasteiger partial charge on any atom is -0.465 e. The van der Waals surface area contributed by atoms with Gasteiger partial charge in [-0.05, 0) is 90.3 Å². The molecule has 0 bridgehead atoms. The predicted molar refractivity (Wildman–Crippen MR) is 241 cm³/mol. The Morgan fingerprint density at radius 3 is 1.32 bits per heavy atom. The van der Waals surface area contributed by atoms with Gasteiger partial charge in [-0.15, -0.1) is 0 Å². The third-order valence-electron chi connectivity index (χ3n) is 12.4. The average Bonchev–Trinajstić information content (AvgIpc) is 3.20. The Morgan fingerprint density at radius 2 is 0.839 bits per heavy atom. The van der Waals surface area contributed by atoms with Gasteiger partial charge in [0.1, 0.15) is 0 Å². The monoisotopic (exact) mass is 794 g/mol. The Hall–Kier alpha value is -1.14. The van der Waals surface area contributed by atoms with E-state index in [1.165, 1.54) is 103 Å². The molecule has 56 heavy (non-hydrogen) atoms. The molecule has 0 spiro atoms. The molecule has 0 rings (SSSR count). The van der Waals surface area contributed by atoms with E-state index < -0.39 is 0 Å². The summed E-state index contributed by atoms with van der Waals surface area (Å²) in [5, 5.41) is 9.35. The molecule has 0 aliphatic carbocycles. The summed E-state index contributed by atoms with van der Waals surface area (Å²) in [6.07, 6.45) is 40.4. The molecule has 0 aliphatic rings. The van der Waals surface area contributed by atoms with Crippen LogP contribution in [0.1, 0.15) is 259 Å². The van der Waals surface area contributed by atoms with E-state index >= 15 is 0 Å². The lowest BCUT2D eigenvalue weighted by Crippen LogP contribution is -2.33. The molecule has 0 aliphatic heterocycles. The molecule has 0 aromatic rings. The van der Waals surface area contributed by atoms with Crippen molar-refractivity contribution in [2.75, 3.05) is 39.5 Å². The maximum atomic E-state index is 13.5. The van der Waals surface area contributed by atoms with Gasteiger partial charge in [0, 0.05) is 6.61 Å². The molecule has 0 radical (unpaired) electrons. The van der Waals surface area contributed by atoms with Gasteiger partial charge in [-0.25, -0.2) is 0 Å². The number of aliphatic hydroxyl groups excluding tert-OH is 1. The van der Waals surface area contributed by atoms with Crippen LogP contribution in [0.2, 0.25) is 0 Å². The molecule has 0 fully saturated rings. The number of ether oxygens (including phenoxy) is 2. The molecule has 1 N–H and O–H groups in total. The van der Waals surface area contributed by atoms with Crippen molar-refractivity contribution < 1.29 is 24.2 Å². The fourth-order valence-electron chi connectivity index (χ4n) is 8.30. The van der Waals surface area contributed by atoms with Crippen LogP contribution in [0.25, 0.3) is 0 Å². The quantitative estimate of drug-likeness (QED) is 0.0489. The second-order valence-electron chi connectivity index (χ2n) is 17.5. The fraction of sp³-hybridized carbons (Fsp3) is 0.960. The zero-order chi connectivity index (χ0) is 41.2. The zero-order valence-electron chi connectivity index (χ0n) is 38.6. The number of carbonyl (C=O) groups is 2. The molecular weight excluding hydrogens is 695 g/mol. The summed E-state index contributed by atoms with van der Waals surface area (Å²) in [6.45, 7) is 15.8. The summed E-state index contributed by atoms with van der Waals surface area (Å²) in [7, 11) is 0. The highest BCUT2D eigenvalue weighted by atomic mass is 16.5. The molecule has 2 unspecified atom stereocenters. The van der Waals surface area contributed by atoms with E-state index in [-0.39, 0.29) is 29.9 Å². The third kappa shape index (κ3) is 31.8. The second kappa shape index (κ2) is 42.0. The summed E-state index contributed by atoms with van der Waals surface area (Å²) in [4.78, 5) is 29.1. The van der Waals surface area contributed by atoms with Crippen LogP contribution in [-0.2, 0) is 19.1 Å². The molecule has 0 saturated heterocycles. The smallest absolute Gasteiger partial charge is 0.312 e. The lowest BCUT2D eigenvalue weighted by Gasteiger charge is -2.31. The number of hydrogen-bond acceptors (Lipinski definition) is 6. The second-order valence-corrected chi connectivity index (χ2v) is 17.5. The van der Waals surface area contributed by atoms with Crippen LogP contribution in [0.4, 0.5) is 0 Å². The van der Waals surface area contributed by atoms with Crippen molar-refractivity contribution in [3.05, 3.63) is 0 Å². The van der Waals surface area contributed by atoms with Gasteiger partial charge < -0.3 is 19.5 Å². The van der Waals surface area contributed by atoms with Crippen molar-refractivity contribution >= 4 is 11.9 Å². The van der Waals surface area contributed by atoms with E-state index in [4.69, 9.17) is 9.47 Å². The molecule has 0 aromatic heterocycles. The van der Waals surface area contributed by atoms with Crippen molar-refractivity contribution in [2.45, 2.75) is 259 Å². The molecular formula is C50H99NO5. The van der Waals surface area contributed by atoms with E-state index in [2.05, 4.69) is 39.5 Å². The summed E-state index contributed by atoms with van der Waals surface area (Å²) < 4.78 is 11.8. The topological polar surface area (TPSA) is 76.1 Å². The van der Waals surface area contributed by atoms with Gasteiger partial charge in [0.2, 0.25) is 0 Å². The number of unbranched alkanes of at least 4 members (excludes halogenated alkanes) is 23. The number of aliphatic hydroxyl groups is 1. The fourth-order valence-corrected chi connectivity index (χ4v) is 8.30. The first-order valence-corrected chi connectivity index (χ1v) is 25.1. The highest BCUT2D eigenvalue weighted by Gasteiger charge is 2.37. The van der Waals surface area contributed by atoms with E-state index in [1.54, 1.807) is 0 Å². The van der Waals surface area contributed by atoms with Crippen molar-refractivity contribution in [3.63, 3.8) is 0 Å². The average molecular weight is 794 g/mol. The predicted octanol–water partition coefficient (Wildman–Crippen LogP) is 14.7. The maximum Gasteiger partial charge on any atom is 0.312 e. The van der Waals surface area contributed by atoms with Gasteiger partial charge in [-0.2, -0.15) is 0 Å². The van der Waals surface area contributed by atoms with E-state index in [1.807, 2.05) is 0 Å². The minimum absolute atomic E-state index is 0.0543. The molecule has 6 heteroatoms. The summed E-state index contributed by atoms with van der Waals surface area (Å²) in [6, 6.07) is 0. The van der Waals surface area contributed by atoms with Gasteiger partial charge in [0.15, 0.2) is 0 Å². The van der Waals surface area contributed by atoms with Gasteiger partial charge in [0.05, 0.1) is 24.5 Å². The van der Waals surface area contributed by atoms with Crippen LogP contribution in [0.5, 0.6) is 0 Å². The van der Waals surface area contributed by atoms with E-state index in [0.717, 1.165) is 142 Å². The number of hydrogen-bond donors (Lipinski definition) is 1. The summed E-state index contributed by atoms with van der Waals surface area (Å²) in [5.41, 5.74) is -0.290. The molecule has 0 aromatic carbocycles. The van der Waals surface area contributed by atoms with Crippen LogP contribution in [0, 0.1) is 11.3 Å². The van der Waals surface area contributed by atoms with Crippen LogP contribution in [0.3, 0.4) is 0 Å². The lowest BCUT2D eigenvalue weighted by atomic mass is 9.75. The lowest BCUT2D eigenvalue weighted by molar-refractivity contribution is -0.157. The zero-order valence-corrected chi connectivity index (χ0v) is 38.6. The van der Waals surface area contributed by atoms with Crippen molar-refractivity contribution in [1.82, 2.24) is 4.90 Å². The van der Waals surface area contributed by atoms with Crippen molar-refractivity contribution in [2.24, 2.45) is 11.3 Å². The number of carbonyl (C=O) groups excluding carboxylic acids is 2. The number of nitrogens with zero attached hydrogens (tertiary/aromatic N) is 1. The molecule has 334 valence electrons. The van der Waals surface area contributed by atoms with E-state index in [9.17, 15) is 14.7 Å². The van der Waals surface area contributed by atoms with Crippen LogP contribution < -0.4 is 0 Å². The first-order chi connectivity index (χ1) is 27.4. The summed E-state index contributed by atoms with van der Waals surface area (Å²) >= 11 is 0. The first kappa shape index (κ1) is 54.9. The summed E-state index contributed by atoms with van der Waals surface area (Å²) in [5.74, 6) is 0.216. The molecule has 2 atom stereocenters. The SMILES string of the molecule is CCCCCCCCC(CCCCCC)C(=O)OCCCCCCN(CCCCO)CCCCCCOC(=O)C(CC)(CCCCCC)CCCCCCCC. The Kier molecular flexibility index (Phi) is 41.1. The highest BCUT2D eigenvalue weighted by molar-refractivity contribution is 5.76. The van der Waals surface area contributed by atoms with Gasteiger partial charge in [-0.3, -0.25) is 9.59 Å². The molecule has 0 saturated carbocycles. The largest absolute Gasteiger partial charge is 0.465 e. The maximum absolute atomic E-state index is 13.5. The van der Waals surface area contributed by atoms with Crippen LogP contribution in [-0.4, -0.2) is 61.4 Å². The van der Waals surface area contributed by atoms with Gasteiger partial charge >= 0.3 is 11.9 Å². The Morgan fingerprint density at radius 1 is 0.464 bits per heavy atom. The Labute approximate surface area is 350 Å². The molecule has 0 heterocycles. The van der Waals surface area contributed by atoms with Crippen molar-refractivity contribution in [1.29, 1.82) is 0 Å². The minimum atomic E-state index is -0.290. The first-order valence-electron chi connectivity index (χ1n) is 25.1. The number of esters is 2. The highest BCUT2D eigenvalue weighted by Crippen LogP contribution is 2.37. The van der Waals surface area contributed by atoms with Crippen molar-refractivity contribution in [3.8, 4) is 0 Å². The Bertz CT molecular complexity index is 836. The molecule has 0 amide bonds. The number of rotatable bonds is 45. The standard InChI is InChI=1S/C50H99NO5/c1-6-11-15-19-21-28-38-47(37-27-17-13-8-3)48(53)55-45-35-25-23-31-41-51(43-33-34-44-52)42-32-24-26-36-46-56-49(54)50(10-5,39-29-18-14-9-4)40-30-22-20-16-12-7-2/h47,52H,6-46H2,1-5H3. The van der Waals surface area contributed by atoms with E-state index in [0.29, 0.717) is 13.2 Å². The molecule has 6 nitrogen and oxygen atoms in total. The van der Waals surface area contributed by atoms with Gasteiger partial charge in [-0.1, -0.05) is 189 Å². The van der Waals surface area contributed by atoms with Crippen LogP contribution in [0.15, 0.2) is 0 Å². The normalized spacial score (nSPS) is 13.3.